The van der Waals surface area contributed by atoms with E-state index in [2.05, 4.69) is 194 Å². The molecule has 0 aliphatic heterocycles. The smallest absolute Gasteiger partial charge is 0.164 e. The molecule has 10 rings (SSSR count). The van der Waals surface area contributed by atoms with Crippen molar-refractivity contribution in [3.63, 3.8) is 0 Å². The van der Waals surface area contributed by atoms with Crippen molar-refractivity contribution in [1.29, 1.82) is 0 Å². The highest BCUT2D eigenvalue weighted by Gasteiger charge is 2.15. The summed E-state index contributed by atoms with van der Waals surface area (Å²) in [6.07, 6.45) is 0. The van der Waals surface area contributed by atoms with Crippen LogP contribution in [0.2, 0.25) is 0 Å². The summed E-state index contributed by atoms with van der Waals surface area (Å²) in [6, 6.07) is 70.7. The van der Waals surface area contributed by atoms with Gasteiger partial charge in [-0.15, -0.1) is 0 Å². The summed E-state index contributed by atoms with van der Waals surface area (Å²) in [5.74, 6) is 1.90. The van der Waals surface area contributed by atoms with E-state index in [4.69, 9.17) is 15.0 Å². The van der Waals surface area contributed by atoms with Gasteiger partial charge >= 0.3 is 0 Å². The first kappa shape index (κ1) is 31.5. The predicted molar refractivity (Wildman–Crippen MR) is 225 cm³/mol. The van der Waals surface area contributed by atoms with E-state index in [1.54, 1.807) is 0 Å². The minimum Gasteiger partial charge on any atom is -0.208 e. The molecular formula is C51H33N3. The van der Waals surface area contributed by atoms with Crippen LogP contribution in [-0.2, 0) is 0 Å². The Bertz CT molecular complexity index is 2850. The van der Waals surface area contributed by atoms with Gasteiger partial charge in [0.2, 0.25) is 0 Å². The van der Waals surface area contributed by atoms with Crippen LogP contribution in [-0.4, -0.2) is 15.0 Å². The lowest BCUT2D eigenvalue weighted by molar-refractivity contribution is 1.07. The van der Waals surface area contributed by atoms with Crippen molar-refractivity contribution in [1.82, 2.24) is 15.0 Å². The molecule has 1 heterocycles. The maximum absolute atomic E-state index is 5.18. The van der Waals surface area contributed by atoms with E-state index in [1.807, 2.05) is 6.07 Å². The van der Waals surface area contributed by atoms with Crippen LogP contribution in [0.1, 0.15) is 0 Å². The van der Waals surface area contributed by atoms with Gasteiger partial charge in [0, 0.05) is 16.7 Å². The van der Waals surface area contributed by atoms with Crippen LogP contribution >= 0.6 is 0 Å². The summed E-state index contributed by atoms with van der Waals surface area (Å²) in [5.41, 5.74) is 9.79. The van der Waals surface area contributed by atoms with Crippen LogP contribution in [0.3, 0.4) is 0 Å². The fourth-order valence-corrected chi connectivity index (χ4v) is 7.56. The predicted octanol–water partition coefficient (Wildman–Crippen LogP) is 13.3. The van der Waals surface area contributed by atoms with Gasteiger partial charge in [-0.3, -0.25) is 0 Å². The second-order valence-corrected chi connectivity index (χ2v) is 13.7. The van der Waals surface area contributed by atoms with Crippen LogP contribution in [0.5, 0.6) is 0 Å². The Morgan fingerprint density at radius 1 is 0.222 bits per heavy atom. The van der Waals surface area contributed by atoms with Crippen molar-refractivity contribution in [3.8, 4) is 67.5 Å². The molecule has 0 unspecified atom stereocenters. The van der Waals surface area contributed by atoms with E-state index in [-0.39, 0.29) is 0 Å². The van der Waals surface area contributed by atoms with Crippen LogP contribution in [0.25, 0.3) is 99.9 Å². The molecule has 0 amide bonds. The van der Waals surface area contributed by atoms with Crippen LogP contribution < -0.4 is 0 Å². The fourth-order valence-electron chi connectivity index (χ4n) is 7.56. The SMILES string of the molecule is c1ccc(-c2ccc3cc(-c4nc(-c5cccc(-c6cccc7ccccc67)c5)nc(-c5cccc(-c6cccc7ccccc67)c5)n4)ccc3c2)cc1. The molecule has 0 saturated carbocycles. The number of fused-ring (bicyclic) bond motifs is 3. The minimum absolute atomic E-state index is 0.632. The van der Waals surface area contributed by atoms with Gasteiger partial charge in [0.05, 0.1) is 0 Å². The topological polar surface area (TPSA) is 38.7 Å². The summed E-state index contributed by atoms with van der Waals surface area (Å²) in [4.78, 5) is 15.5. The lowest BCUT2D eigenvalue weighted by Gasteiger charge is -2.12. The third kappa shape index (κ3) is 5.88. The molecule has 1 aromatic heterocycles. The molecule has 3 nitrogen and oxygen atoms in total. The first-order chi connectivity index (χ1) is 26.7. The Hall–Kier alpha value is -7.23. The van der Waals surface area contributed by atoms with Crippen LogP contribution in [0.4, 0.5) is 0 Å². The van der Waals surface area contributed by atoms with E-state index >= 15 is 0 Å². The molecule has 0 bridgehead atoms. The normalized spacial score (nSPS) is 11.3. The van der Waals surface area contributed by atoms with Gasteiger partial charge in [0.15, 0.2) is 17.5 Å². The molecular weight excluding hydrogens is 655 g/mol. The standard InChI is InChI=1S/C51H33N3/c1-2-12-34(13-3-1)37-26-27-39-31-44(29-28-38(39)30-37)51-53-49(42-20-8-18-40(32-42)47-24-10-16-35-14-4-6-22-45(35)47)52-50(54-51)43-21-9-19-41(33-43)48-25-11-17-36-15-5-7-23-46(36)48/h1-33H. The van der Waals surface area contributed by atoms with E-state index in [1.165, 1.54) is 49.2 Å². The van der Waals surface area contributed by atoms with Gasteiger partial charge < -0.3 is 0 Å². The molecule has 0 aliphatic rings. The van der Waals surface area contributed by atoms with Gasteiger partial charge in [0.25, 0.3) is 0 Å². The highest BCUT2D eigenvalue weighted by Crippen LogP contribution is 2.35. The molecule has 3 heteroatoms. The van der Waals surface area contributed by atoms with Gasteiger partial charge in [-0.05, 0) is 90.0 Å². The highest BCUT2D eigenvalue weighted by molar-refractivity contribution is 5.98. The number of hydrogen-bond acceptors (Lipinski definition) is 3. The van der Waals surface area contributed by atoms with Crippen molar-refractivity contribution in [3.05, 3.63) is 200 Å². The molecule has 0 saturated heterocycles. The quantitative estimate of drug-likeness (QED) is 0.175. The van der Waals surface area contributed by atoms with Gasteiger partial charge in [-0.25, -0.2) is 15.0 Å². The first-order valence-electron chi connectivity index (χ1n) is 18.3. The number of rotatable bonds is 6. The molecule has 0 atom stereocenters. The zero-order valence-electron chi connectivity index (χ0n) is 29.4. The summed E-state index contributed by atoms with van der Waals surface area (Å²) >= 11 is 0. The lowest BCUT2D eigenvalue weighted by Crippen LogP contribution is -2.00. The van der Waals surface area contributed by atoms with Crippen molar-refractivity contribution in [2.45, 2.75) is 0 Å². The monoisotopic (exact) mass is 687 g/mol. The Kier molecular flexibility index (Phi) is 7.81. The second kappa shape index (κ2) is 13.4. The molecule has 9 aromatic carbocycles. The zero-order chi connectivity index (χ0) is 35.8. The van der Waals surface area contributed by atoms with Crippen molar-refractivity contribution < 1.29 is 0 Å². The lowest BCUT2D eigenvalue weighted by atomic mass is 9.96. The summed E-state index contributed by atoms with van der Waals surface area (Å²) in [7, 11) is 0. The molecule has 0 N–H and O–H groups in total. The minimum atomic E-state index is 0.632. The number of hydrogen-bond donors (Lipinski definition) is 0. The fraction of sp³-hybridized carbons (Fsp3) is 0. The van der Waals surface area contributed by atoms with Gasteiger partial charge in [-0.2, -0.15) is 0 Å². The van der Waals surface area contributed by atoms with E-state index < -0.39 is 0 Å². The highest BCUT2D eigenvalue weighted by atomic mass is 15.0. The zero-order valence-corrected chi connectivity index (χ0v) is 29.4. The first-order valence-corrected chi connectivity index (χ1v) is 18.3. The molecule has 54 heavy (non-hydrogen) atoms. The Labute approximate surface area is 313 Å². The van der Waals surface area contributed by atoms with Crippen molar-refractivity contribution >= 4 is 32.3 Å². The molecule has 0 spiro atoms. The summed E-state index contributed by atoms with van der Waals surface area (Å²) in [6.45, 7) is 0. The van der Waals surface area contributed by atoms with E-state index in [0.717, 1.165) is 33.2 Å². The second-order valence-electron chi connectivity index (χ2n) is 13.7. The van der Waals surface area contributed by atoms with Crippen molar-refractivity contribution in [2.24, 2.45) is 0 Å². The van der Waals surface area contributed by atoms with Crippen LogP contribution in [0, 0.1) is 0 Å². The summed E-state index contributed by atoms with van der Waals surface area (Å²) < 4.78 is 0. The Morgan fingerprint density at radius 2 is 0.611 bits per heavy atom. The molecule has 0 fully saturated rings. The van der Waals surface area contributed by atoms with Gasteiger partial charge in [0.1, 0.15) is 0 Å². The third-order valence-corrected chi connectivity index (χ3v) is 10.3. The molecule has 10 aromatic rings. The Balaban J connectivity index is 1.12. The molecule has 0 radical (unpaired) electrons. The van der Waals surface area contributed by atoms with Crippen molar-refractivity contribution in [2.75, 3.05) is 0 Å². The number of nitrogens with zero attached hydrogens (tertiary/aromatic N) is 3. The Morgan fingerprint density at radius 3 is 1.17 bits per heavy atom. The molecule has 0 aliphatic carbocycles. The van der Waals surface area contributed by atoms with Crippen LogP contribution in [0.15, 0.2) is 200 Å². The number of aromatic nitrogens is 3. The maximum atomic E-state index is 5.18. The summed E-state index contributed by atoms with van der Waals surface area (Å²) in [5, 5.41) is 7.15. The third-order valence-electron chi connectivity index (χ3n) is 10.3. The van der Waals surface area contributed by atoms with E-state index in [0.29, 0.717) is 17.5 Å². The largest absolute Gasteiger partial charge is 0.208 e. The number of benzene rings is 9. The average molecular weight is 688 g/mol. The van der Waals surface area contributed by atoms with Gasteiger partial charge in [-0.1, -0.05) is 176 Å². The van der Waals surface area contributed by atoms with E-state index in [9.17, 15) is 0 Å². The average Bonchev–Trinajstić information content (AvgIpc) is 3.26. The molecule has 252 valence electrons. The maximum Gasteiger partial charge on any atom is 0.164 e.